The number of unbranched alkanes of at least 4 members (excludes halogenated alkanes) is 4. The van der Waals surface area contributed by atoms with Crippen LogP contribution < -0.4 is 0 Å². The van der Waals surface area contributed by atoms with Gasteiger partial charge in [0, 0.05) is 0 Å². The van der Waals surface area contributed by atoms with E-state index in [-0.39, 0.29) is 12.7 Å². The minimum atomic E-state index is -1.06. The number of hydrogen-bond acceptors (Lipinski definition) is 6. The van der Waals surface area contributed by atoms with Crippen molar-refractivity contribution < 1.29 is 28.8 Å². The smallest absolute Gasteiger partial charge is 0.432 e. The van der Waals surface area contributed by atoms with E-state index in [0.717, 1.165) is 25.7 Å². The van der Waals surface area contributed by atoms with Crippen molar-refractivity contribution in [2.45, 2.75) is 59.0 Å². The van der Waals surface area contributed by atoms with Crippen LogP contribution in [0.5, 0.6) is 0 Å². The Balaban J connectivity index is 3.40. The zero-order valence-electron chi connectivity index (χ0n) is 11.3. The lowest BCUT2D eigenvalue weighted by Crippen LogP contribution is -2.17. The average Bonchev–Trinajstić information content (AvgIpc) is 2.30. The van der Waals surface area contributed by atoms with Crippen molar-refractivity contribution in [3.05, 3.63) is 0 Å². The third-order valence-electron chi connectivity index (χ3n) is 1.98. The largest absolute Gasteiger partial charge is 0.550 e. The number of hydrogen-bond donors (Lipinski definition) is 0. The second kappa shape index (κ2) is 10.7. The predicted octanol–water partition coefficient (Wildman–Crippen LogP) is 3.59. The van der Waals surface area contributed by atoms with E-state index in [1.165, 1.54) is 6.42 Å². The molecular formula is C12H22O6. The number of carbonyl (C=O) groups excluding carboxylic acids is 2. The standard InChI is InChI=1S/C12H22O6/c1-4-5-6-7-8-9-15-11(13)17-18-12(14)16-10(2)3/h10H,4-9H2,1-3H3. The third-order valence-corrected chi connectivity index (χ3v) is 1.98. The molecule has 18 heavy (non-hydrogen) atoms. The first kappa shape index (κ1) is 16.5. The Kier molecular flexibility index (Phi) is 9.81. The highest BCUT2D eigenvalue weighted by molar-refractivity contribution is 5.63. The molecule has 0 spiro atoms. The first-order valence-electron chi connectivity index (χ1n) is 6.28. The molecule has 0 aliphatic rings. The van der Waals surface area contributed by atoms with E-state index in [2.05, 4.69) is 26.2 Å². The lowest BCUT2D eigenvalue weighted by molar-refractivity contribution is -0.220. The summed E-state index contributed by atoms with van der Waals surface area (Å²) in [5.74, 6) is 0. The van der Waals surface area contributed by atoms with E-state index < -0.39 is 12.3 Å². The molecule has 106 valence electrons. The molecule has 0 unspecified atom stereocenters. The Morgan fingerprint density at radius 3 is 2.17 bits per heavy atom. The van der Waals surface area contributed by atoms with Crippen LogP contribution in [-0.2, 0) is 19.2 Å². The predicted molar refractivity (Wildman–Crippen MR) is 63.9 cm³/mol. The summed E-state index contributed by atoms with van der Waals surface area (Å²) in [5, 5.41) is 0. The second-order valence-corrected chi connectivity index (χ2v) is 4.10. The molecule has 0 aromatic rings. The minimum Gasteiger partial charge on any atom is -0.432 e. The van der Waals surface area contributed by atoms with Gasteiger partial charge in [0.25, 0.3) is 0 Å². The zero-order chi connectivity index (χ0) is 13.8. The van der Waals surface area contributed by atoms with Crippen molar-refractivity contribution in [3.8, 4) is 0 Å². The summed E-state index contributed by atoms with van der Waals surface area (Å²) in [6, 6.07) is 0. The monoisotopic (exact) mass is 262 g/mol. The van der Waals surface area contributed by atoms with Gasteiger partial charge >= 0.3 is 12.3 Å². The van der Waals surface area contributed by atoms with E-state index in [1.54, 1.807) is 13.8 Å². The third kappa shape index (κ3) is 11.0. The molecule has 6 nitrogen and oxygen atoms in total. The minimum absolute atomic E-state index is 0.255. The Morgan fingerprint density at radius 1 is 0.944 bits per heavy atom. The van der Waals surface area contributed by atoms with Gasteiger partial charge in [0.2, 0.25) is 0 Å². The van der Waals surface area contributed by atoms with Gasteiger partial charge in [-0.1, -0.05) is 32.6 Å². The van der Waals surface area contributed by atoms with Gasteiger partial charge in [-0.25, -0.2) is 0 Å². The topological polar surface area (TPSA) is 71.1 Å². The van der Waals surface area contributed by atoms with Crippen molar-refractivity contribution in [3.63, 3.8) is 0 Å². The summed E-state index contributed by atoms with van der Waals surface area (Å²) in [4.78, 5) is 29.9. The molecule has 0 aliphatic carbocycles. The van der Waals surface area contributed by atoms with Crippen molar-refractivity contribution in [2.75, 3.05) is 6.61 Å². The molecule has 6 heteroatoms. The molecule has 0 aromatic carbocycles. The normalized spacial score (nSPS) is 10.0. The van der Waals surface area contributed by atoms with Crippen LogP contribution in [-0.4, -0.2) is 25.0 Å². The average molecular weight is 262 g/mol. The molecular weight excluding hydrogens is 240 g/mol. The first-order chi connectivity index (χ1) is 8.56. The number of ether oxygens (including phenoxy) is 2. The molecule has 0 aliphatic heterocycles. The quantitative estimate of drug-likeness (QED) is 0.302. The van der Waals surface area contributed by atoms with Crippen LogP contribution in [0.1, 0.15) is 52.9 Å². The van der Waals surface area contributed by atoms with Gasteiger partial charge in [0.1, 0.15) is 0 Å². The maximum absolute atomic E-state index is 10.9. The fraction of sp³-hybridized carbons (Fsp3) is 0.833. The van der Waals surface area contributed by atoms with Gasteiger partial charge in [-0.2, -0.15) is 19.4 Å². The van der Waals surface area contributed by atoms with Crippen LogP contribution in [0.3, 0.4) is 0 Å². The van der Waals surface area contributed by atoms with Crippen molar-refractivity contribution >= 4 is 12.3 Å². The summed E-state index contributed by atoms with van der Waals surface area (Å²) < 4.78 is 9.26. The van der Waals surface area contributed by atoms with Crippen LogP contribution >= 0.6 is 0 Å². The van der Waals surface area contributed by atoms with Crippen molar-refractivity contribution in [1.82, 2.24) is 0 Å². The van der Waals surface area contributed by atoms with Gasteiger partial charge in [-0.15, -0.1) is 0 Å². The SMILES string of the molecule is CCCCCCCOC(=O)OOC(=O)OC(C)C. The summed E-state index contributed by atoms with van der Waals surface area (Å²) in [7, 11) is 0. The van der Waals surface area contributed by atoms with Gasteiger partial charge in [-0.3, -0.25) is 0 Å². The molecule has 0 bridgehead atoms. The van der Waals surface area contributed by atoms with E-state index >= 15 is 0 Å². The van der Waals surface area contributed by atoms with Gasteiger partial charge in [0.05, 0.1) is 12.7 Å². The zero-order valence-corrected chi connectivity index (χ0v) is 11.3. The van der Waals surface area contributed by atoms with E-state index in [0.29, 0.717) is 0 Å². The van der Waals surface area contributed by atoms with Crippen LogP contribution in [0.25, 0.3) is 0 Å². The molecule has 0 saturated carbocycles. The molecule has 0 heterocycles. The van der Waals surface area contributed by atoms with Gasteiger partial charge < -0.3 is 9.47 Å². The highest BCUT2D eigenvalue weighted by atomic mass is 17.3. The fourth-order valence-corrected chi connectivity index (χ4v) is 1.17. The number of carbonyl (C=O) groups is 2. The highest BCUT2D eigenvalue weighted by Gasteiger charge is 2.12. The molecule has 0 saturated heterocycles. The Bertz CT molecular complexity index is 239. The lowest BCUT2D eigenvalue weighted by Gasteiger charge is -2.07. The van der Waals surface area contributed by atoms with Crippen LogP contribution in [0.15, 0.2) is 0 Å². The molecule has 0 atom stereocenters. The maximum atomic E-state index is 10.9. The van der Waals surface area contributed by atoms with Crippen LogP contribution in [0.2, 0.25) is 0 Å². The first-order valence-corrected chi connectivity index (χ1v) is 6.28. The van der Waals surface area contributed by atoms with Crippen LogP contribution in [0, 0.1) is 0 Å². The van der Waals surface area contributed by atoms with Crippen LogP contribution in [0.4, 0.5) is 9.59 Å². The Hall–Kier alpha value is -1.46. The van der Waals surface area contributed by atoms with Gasteiger partial charge in [-0.05, 0) is 20.3 Å². The van der Waals surface area contributed by atoms with Gasteiger partial charge in [0.15, 0.2) is 0 Å². The molecule has 0 amide bonds. The molecule has 0 aromatic heterocycles. The summed E-state index contributed by atoms with van der Waals surface area (Å²) >= 11 is 0. The Labute approximate surface area is 107 Å². The fourth-order valence-electron chi connectivity index (χ4n) is 1.17. The lowest BCUT2D eigenvalue weighted by atomic mass is 10.2. The number of rotatable bonds is 7. The van der Waals surface area contributed by atoms with E-state index in [9.17, 15) is 9.59 Å². The van der Waals surface area contributed by atoms with E-state index in [4.69, 9.17) is 0 Å². The molecule has 0 radical (unpaired) electrons. The summed E-state index contributed by atoms with van der Waals surface area (Å²) in [5.41, 5.74) is 0. The maximum Gasteiger partial charge on any atom is 0.550 e. The van der Waals surface area contributed by atoms with Crippen molar-refractivity contribution in [1.29, 1.82) is 0 Å². The van der Waals surface area contributed by atoms with Crippen molar-refractivity contribution in [2.24, 2.45) is 0 Å². The Morgan fingerprint density at radius 2 is 1.56 bits per heavy atom. The molecule has 0 fully saturated rings. The van der Waals surface area contributed by atoms with E-state index in [1.807, 2.05) is 0 Å². The molecule has 0 N–H and O–H groups in total. The highest BCUT2D eigenvalue weighted by Crippen LogP contribution is 2.03. The summed E-state index contributed by atoms with van der Waals surface area (Å²) in [6.45, 7) is 5.68. The molecule has 0 rings (SSSR count). The summed E-state index contributed by atoms with van der Waals surface area (Å²) in [6.07, 6.45) is 2.78. The second-order valence-electron chi connectivity index (χ2n) is 4.10.